The van der Waals surface area contributed by atoms with Gasteiger partial charge in [-0.25, -0.2) is 0 Å². The van der Waals surface area contributed by atoms with Gasteiger partial charge in [0.1, 0.15) is 5.75 Å². The van der Waals surface area contributed by atoms with Crippen LogP contribution in [0.1, 0.15) is 42.5 Å². The molecule has 1 N–H and O–H groups in total. The topological polar surface area (TPSA) is 32.7 Å². The lowest BCUT2D eigenvalue weighted by Crippen LogP contribution is -2.23. The molecule has 0 saturated carbocycles. The first kappa shape index (κ1) is 17.3. The fourth-order valence-corrected chi connectivity index (χ4v) is 2.62. The zero-order valence-corrected chi connectivity index (χ0v) is 13.9. The smallest absolute Gasteiger partial charge is 0.124 e. The average Bonchev–Trinajstić information content (AvgIpc) is 2.40. The van der Waals surface area contributed by atoms with Gasteiger partial charge in [-0.2, -0.15) is 0 Å². The molecule has 1 atom stereocenters. The lowest BCUT2D eigenvalue weighted by Gasteiger charge is -2.28. The summed E-state index contributed by atoms with van der Waals surface area (Å²) < 4.78 is 5.91. The second-order valence-corrected chi connectivity index (χ2v) is 5.76. The summed E-state index contributed by atoms with van der Waals surface area (Å²) in [7, 11) is 4.02. The van der Waals surface area contributed by atoms with Crippen LogP contribution in [0, 0.1) is 13.8 Å². The molecule has 4 heteroatoms. The molecule has 3 nitrogen and oxygen atoms in total. The van der Waals surface area contributed by atoms with E-state index >= 15 is 0 Å². The second-order valence-electron chi connectivity index (χ2n) is 5.38. The Labute approximate surface area is 127 Å². The van der Waals surface area contributed by atoms with Crippen LogP contribution in [-0.2, 0) is 0 Å². The normalized spacial score (nSPS) is 12.8. The van der Waals surface area contributed by atoms with Gasteiger partial charge in [0.25, 0.3) is 0 Å². The highest BCUT2D eigenvalue weighted by Crippen LogP contribution is 2.38. The second kappa shape index (κ2) is 7.87. The first-order valence-electron chi connectivity index (χ1n) is 7.13. The Hall–Kier alpha value is -0.770. The molecule has 1 unspecified atom stereocenters. The summed E-state index contributed by atoms with van der Waals surface area (Å²) in [6.07, 6.45) is 1.63. The van der Waals surface area contributed by atoms with Crippen molar-refractivity contribution in [3.05, 3.63) is 27.8 Å². The molecule has 0 aliphatic heterocycles. The van der Waals surface area contributed by atoms with E-state index in [1.807, 2.05) is 34.0 Å². The van der Waals surface area contributed by atoms with Gasteiger partial charge in [-0.15, -0.1) is 0 Å². The lowest BCUT2D eigenvalue weighted by molar-refractivity contribution is 0.204. The van der Waals surface area contributed by atoms with Crippen molar-refractivity contribution in [1.82, 2.24) is 4.90 Å². The van der Waals surface area contributed by atoms with Crippen LogP contribution in [0.2, 0.25) is 5.02 Å². The third kappa shape index (κ3) is 3.87. The minimum atomic E-state index is 0.102. The molecule has 0 aromatic heterocycles. The largest absolute Gasteiger partial charge is 0.493 e. The molecule has 0 heterocycles. The van der Waals surface area contributed by atoms with Gasteiger partial charge in [0.05, 0.1) is 6.61 Å². The fourth-order valence-electron chi connectivity index (χ4n) is 2.47. The van der Waals surface area contributed by atoms with Gasteiger partial charge in [-0.3, -0.25) is 0 Å². The summed E-state index contributed by atoms with van der Waals surface area (Å²) in [4.78, 5) is 2.10. The van der Waals surface area contributed by atoms with Crippen LogP contribution >= 0.6 is 11.6 Å². The minimum absolute atomic E-state index is 0.102. The van der Waals surface area contributed by atoms with Crippen molar-refractivity contribution < 1.29 is 9.84 Å². The highest BCUT2D eigenvalue weighted by molar-refractivity contribution is 6.32. The van der Waals surface area contributed by atoms with E-state index in [9.17, 15) is 5.11 Å². The number of nitrogens with zero attached hydrogens (tertiary/aromatic N) is 1. The summed E-state index contributed by atoms with van der Waals surface area (Å²) in [5, 5.41) is 10.1. The zero-order valence-electron chi connectivity index (χ0n) is 13.2. The van der Waals surface area contributed by atoms with Crippen molar-refractivity contribution in [2.75, 3.05) is 27.3 Å². The van der Waals surface area contributed by atoms with Crippen molar-refractivity contribution in [2.45, 2.75) is 39.7 Å². The number of ether oxygens (including phenoxy) is 1. The number of halogens is 1. The van der Waals surface area contributed by atoms with Crippen LogP contribution in [0.3, 0.4) is 0 Å². The number of hydrogen-bond donors (Lipinski definition) is 1. The Bertz CT molecular complexity index is 447. The maximum atomic E-state index is 9.33. The molecule has 20 heavy (non-hydrogen) atoms. The Balaban J connectivity index is 3.34. The molecule has 1 aromatic rings. The summed E-state index contributed by atoms with van der Waals surface area (Å²) in [6.45, 7) is 6.94. The molecule has 0 saturated heterocycles. The molecule has 0 bridgehead atoms. The number of aryl methyl sites for hydroxylation is 1. The number of benzene rings is 1. The van der Waals surface area contributed by atoms with Crippen LogP contribution in [0.15, 0.2) is 6.07 Å². The van der Waals surface area contributed by atoms with Crippen LogP contribution < -0.4 is 4.74 Å². The molecular weight excluding hydrogens is 274 g/mol. The Morgan fingerprint density at radius 3 is 2.50 bits per heavy atom. The summed E-state index contributed by atoms with van der Waals surface area (Å²) in [5.74, 6) is 0.887. The first-order valence-corrected chi connectivity index (χ1v) is 7.51. The van der Waals surface area contributed by atoms with Gasteiger partial charge >= 0.3 is 0 Å². The Kier molecular flexibility index (Phi) is 6.80. The number of hydrogen-bond acceptors (Lipinski definition) is 3. The van der Waals surface area contributed by atoms with E-state index in [1.54, 1.807) is 0 Å². The van der Waals surface area contributed by atoms with Gasteiger partial charge in [0, 0.05) is 23.2 Å². The summed E-state index contributed by atoms with van der Waals surface area (Å²) in [5.41, 5.74) is 3.17. The van der Waals surface area contributed by atoms with Crippen molar-refractivity contribution in [3.8, 4) is 5.75 Å². The maximum absolute atomic E-state index is 9.33. The predicted octanol–water partition coefficient (Wildman–Crippen LogP) is 3.73. The highest BCUT2D eigenvalue weighted by atomic mass is 35.5. The van der Waals surface area contributed by atoms with Crippen LogP contribution in [-0.4, -0.2) is 37.3 Å². The number of aliphatic hydroxyl groups is 1. The van der Waals surface area contributed by atoms with E-state index in [2.05, 4.69) is 11.8 Å². The monoisotopic (exact) mass is 299 g/mol. The van der Waals surface area contributed by atoms with Crippen LogP contribution in [0.25, 0.3) is 0 Å². The molecule has 1 rings (SSSR count). The maximum Gasteiger partial charge on any atom is 0.124 e. The Morgan fingerprint density at radius 2 is 2.00 bits per heavy atom. The standard InChI is InChI=1S/C16H26ClNO2/c1-6-9-20-14-10-11(2)16(17)12(3)15(14)13(7-8-19)18(4)5/h10,13,19H,6-9H2,1-5H3. The van der Waals surface area contributed by atoms with Gasteiger partial charge in [0.15, 0.2) is 0 Å². The minimum Gasteiger partial charge on any atom is -0.493 e. The zero-order chi connectivity index (χ0) is 15.3. The molecule has 0 spiro atoms. The van der Waals surface area contributed by atoms with Gasteiger partial charge in [-0.05, 0) is 58.0 Å². The van der Waals surface area contributed by atoms with E-state index < -0.39 is 0 Å². The summed E-state index contributed by atoms with van der Waals surface area (Å²) in [6, 6.07) is 2.11. The van der Waals surface area contributed by atoms with Crippen molar-refractivity contribution in [3.63, 3.8) is 0 Å². The van der Waals surface area contributed by atoms with Gasteiger partial charge < -0.3 is 14.7 Å². The van der Waals surface area contributed by atoms with Crippen molar-refractivity contribution in [2.24, 2.45) is 0 Å². The van der Waals surface area contributed by atoms with E-state index in [0.717, 1.165) is 33.9 Å². The van der Waals surface area contributed by atoms with Crippen molar-refractivity contribution in [1.29, 1.82) is 0 Å². The molecular formula is C16H26ClNO2. The fraction of sp³-hybridized carbons (Fsp3) is 0.625. The number of rotatable bonds is 7. The molecule has 114 valence electrons. The van der Waals surface area contributed by atoms with Crippen LogP contribution in [0.4, 0.5) is 0 Å². The highest BCUT2D eigenvalue weighted by Gasteiger charge is 2.23. The average molecular weight is 300 g/mol. The van der Waals surface area contributed by atoms with E-state index in [4.69, 9.17) is 16.3 Å². The number of aliphatic hydroxyl groups excluding tert-OH is 1. The summed E-state index contributed by atoms with van der Waals surface area (Å²) >= 11 is 6.40. The van der Waals surface area contributed by atoms with E-state index in [1.165, 1.54) is 0 Å². The first-order chi connectivity index (χ1) is 9.43. The van der Waals surface area contributed by atoms with E-state index in [-0.39, 0.29) is 12.6 Å². The SMILES string of the molecule is CCCOc1cc(C)c(Cl)c(C)c1C(CCO)N(C)C. The quantitative estimate of drug-likeness (QED) is 0.832. The molecule has 0 aliphatic rings. The third-order valence-corrected chi connectivity index (χ3v) is 4.09. The molecule has 0 radical (unpaired) electrons. The van der Waals surface area contributed by atoms with Crippen LogP contribution in [0.5, 0.6) is 5.75 Å². The van der Waals surface area contributed by atoms with E-state index in [0.29, 0.717) is 13.0 Å². The molecule has 0 aliphatic carbocycles. The molecule has 0 fully saturated rings. The van der Waals surface area contributed by atoms with Crippen molar-refractivity contribution >= 4 is 11.6 Å². The lowest BCUT2D eigenvalue weighted by atomic mass is 9.95. The predicted molar refractivity (Wildman–Crippen MR) is 84.8 cm³/mol. The third-order valence-electron chi connectivity index (χ3n) is 3.51. The molecule has 1 aromatic carbocycles. The van der Waals surface area contributed by atoms with Gasteiger partial charge in [-0.1, -0.05) is 18.5 Å². The van der Waals surface area contributed by atoms with Gasteiger partial charge in [0.2, 0.25) is 0 Å². The Morgan fingerprint density at radius 1 is 1.35 bits per heavy atom. The molecule has 0 amide bonds.